The summed E-state index contributed by atoms with van der Waals surface area (Å²) in [6.07, 6.45) is 5.79. The Labute approximate surface area is 185 Å². The molecule has 3 aromatic carbocycles. The van der Waals surface area contributed by atoms with E-state index >= 15 is 0 Å². The van der Waals surface area contributed by atoms with Crippen molar-refractivity contribution < 1.29 is 0 Å². The number of nitrogens with zero attached hydrogens (tertiary/aromatic N) is 3. The van der Waals surface area contributed by atoms with Gasteiger partial charge in [0.1, 0.15) is 0 Å². The Hall–Kier alpha value is -3.19. The number of aromatic nitrogens is 3. The largest absolute Gasteiger partial charge is 0.322 e. The molecule has 0 saturated heterocycles. The van der Waals surface area contributed by atoms with Gasteiger partial charge in [0.25, 0.3) is 0 Å². The van der Waals surface area contributed by atoms with Crippen LogP contribution in [-0.2, 0) is 5.54 Å². The zero-order valence-electron chi connectivity index (χ0n) is 17.4. The van der Waals surface area contributed by atoms with E-state index in [2.05, 4.69) is 53.6 Å². The summed E-state index contributed by atoms with van der Waals surface area (Å²) in [5.41, 5.74) is 11.9. The monoisotopic (exact) mass is 425 g/mol. The first kappa shape index (κ1) is 19.8. The van der Waals surface area contributed by atoms with Crippen LogP contribution in [0, 0.1) is 0 Å². The highest BCUT2D eigenvalue weighted by molar-refractivity contribution is 7.97. The smallest absolute Gasteiger partial charge is 0.162 e. The van der Waals surface area contributed by atoms with Crippen molar-refractivity contribution >= 4 is 28.4 Å². The molecule has 154 valence electrons. The van der Waals surface area contributed by atoms with Crippen molar-refractivity contribution in [3.8, 4) is 22.3 Å². The van der Waals surface area contributed by atoms with E-state index in [1.54, 1.807) is 0 Å². The average Bonchev–Trinajstić information content (AvgIpc) is 3.21. The maximum Gasteiger partial charge on any atom is 0.162 e. The van der Waals surface area contributed by atoms with Gasteiger partial charge in [-0.05, 0) is 59.3 Å². The Bertz CT molecular complexity index is 1400. The number of nitrogens with two attached hydrogens (primary N) is 2. The Morgan fingerprint density at radius 3 is 2.29 bits per heavy atom. The van der Waals surface area contributed by atoms with Crippen molar-refractivity contribution in [2.75, 3.05) is 0 Å². The molecule has 2 aromatic heterocycles. The third-order valence-corrected chi connectivity index (χ3v) is 6.23. The minimum atomic E-state index is -0.363. The quantitative estimate of drug-likeness (QED) is 0.378. The van der Waals surface area contributed by atoms with Gasteiger partial charge in [-0.1, -0.05) is 54.6 Å². The van der Waals surface area contributed by atoms with Crippen LogP contribution in [0.15, 0.2) is 84.1 Å². The number of rotatable bonds is 4. The summed E-state index contributed by atoms with van der Waals surface area (Å²) in [6, 6.07) is 20.7. The number of fused-ring (bicyclic) bond motifs is 2. The molecule has 0 atom stereocenters. The first-order valence-corrected chi connectivity index (χ1v) is 11.0. The maximum atomic E-state index is 6.20. The summed E-state index contributed by atoms with van der Waals surface area (Å²) in [7, 11) is 0. The van der Waals surface area contributed by atoms with Crippen LogP contribution in [0.2, 0.25) is 0 Å². The van der Waals surface area contributed by atoms with Crippen molar-refractivity contribution in [1.29, 1.82) is 0 Å². The third-order valence-electron chi connectivity index (χ3n) is 5.62. The Balaban J connectivity index is 1.59. The molecule has 5 aromatic rings. The molecule has 4 N–H and O–H groups in total. The van der Waals surface area contributed by atoms with Crippen LogP contribution in [-0.4, -0.2) is 14.6 Å². The van der Waals surface area contributed by atoms with E-state index in [0.717, 1.165) is 49.1 Å². The van der Waals surface area contributed by atoms with E-state index in [0.29, 0.717) is 0 Å². The topological polar surface area (TPSA) is 82.2 Å². The van der Waals surface area contributed by atoms with Gasteiger partial charge in [0.15, 0.2) is 5.65 Å². The second-order valence-corrected chi connectivity index (χ2v) is 8.92. The fraction of sp³-hybridized carbons (Fsp3) is 0.120. The molecule has 0 saturated carbocycles. The summed E-state index contributed by atoms with van der Waals surface area (Å²) in [5, 5.41) is 12.7. The molecule has 5 nitrogen and oxygen atoms in total. The molecule has 2 heterocycles. The lowest BCUT2D eigenvalue weighted by Gasteiger charge is -2.19. The molecule has 0 unspecified atom stereocenters. The van der Waals surface area contributed by atoms with Crippen LogP contribution in [0.25, 0.3) is 38.7 Å². The summed E-state index contributed by atoms with van der Waals surface area (Å²) in [6.45, 7) is 4.01. The second-order valence-electron chi connectivity index (χ2n) is 8.24. The van der Waals surface area contributed by atoms with Gasteiger partial charge in [0.2, 0.25) is 0 Å². The third kappa shape index (κ3) is 3.49. The summed E-state index contributed by atoms with van der Waals surface area (Å²) in [5.74, 6) is 0. The first-order valence-electron chi connectivity index (χ1n) is 10.1. The molecule has 6 heteroatoms. The van der Waals surface area contributed by atoms with Crippen molar-refractivity contribution in [2.24, 2.45) is 10.9 Å². The minimum Gasteiger partial charge on any atom is -0.322 e. The van der Waals surface area contributed by atoms with Crippen molar-refractivity contribution in [3.63, 3.8) is 0 Å². The van der Waals surface area contributed by atoms with Crippen LogP contribution in [0.4, 0.5) is 0 Å². The number of hydrogen-bond acceptors (Lipinski definition) is 5. The predicted octanol–water partition coefficient (Wildman–Crippen LogP) is 5.38. The predicted molar refractivity (Wildman–Crippen MR) is 129 cm³/mol. The fourth-order valence-electron chi connectivity index (χ4n) is 3.92. The minimum absolute atomic E-state index is 0.363. The Kier molecular flexibility index (Phi) is 4.78. The SMILES string of the molecule is CC(C)(N)c1ccc(-c2cnc3c(-c4ccc(SN)c5ccccc45)cnn3c2)cc1. The molecule has 0 spiro atoms. The molecule has 0 bridgehead atoms. The van der Waals surface area contributed by atoms with Gasteiger partial charge in [0.05, 0.1) is 6.20 Å². The van der Waals surface area contributed by atoms with Crippen molar-refractivity contribution in [2.45, 2.75) is 24.3 Å². The van der Waals surface area contributed by atoms with Crippen LogP contribution in [0.1, 0.15) is 19.4 Å². The second kappa shape index (κ2) is 7.50. The lowest BCUT2D eigenvalue weighted by molar-refractivity contribution is 0.554. The summed E-state index contributed by atoms with van der Waals surface area (Å²) >= 11 is 1.27. The lowest BCUT2D eigenvalue weighted by Crippen LogP contribution is -2.28. The molecule has 0 aliphatic heterocycles. The van der Waals surface area contributed by atoms with Crippen LogP contribution in [0.3, 0.4) is 0 Å². The van der Waals surface area contributed by atoms with Gasteiger partial charge < -0.3 is 5.73 Å². The fourth-order valence-corrected chi connectivity index (χ4v) is 4.37. The molecular formula is C25H23N5S. The molecular weight excluding hydrogens is 402 g/mol. The molecule has 31 heavy (non-hydrogen) atoms. The van der Waals surface area contributed by atoms with E-state index in [1.807, 2.05) is 49.1 Å². The van der Waals surface area contributed by atoms with E-state index in [9.17, 15) is 0 Å². The summed E-state index contributed by atoms with van der Waals surface area (Å²) < 4.78 is 1.84. The van der Waals surface area contributed by atoms with Gasteiger partial charge in [-0.3, -0.25) is 5.14 Å². The molecule has 5 rings (SSSR count). The van der Waals surface area contributed by atoms with Crippen molar-refractivity contribution in [3.05, 3.63) is 84.8 Å². The molecule has 0 fully saturated rings. The highest BCUT2D eigenvalue weighted by Crippen LogP contribution is 2.35. The number of hydrogen-bond donors (Lipinski definition) is 2. The van der Waals surface area contributed by atoms with E-state index < -0.39 is 0 Å². The van der Waals surface area contributed by atoms with Crippen molar-refractivity contribution in [1.82, 2.24) is 14.6 Å². The van der Waals surface area contributed by atoms with Gasteiger partial charge in [-0.15, -0.1) is 0 Å². The molecule has 0 aliphatic rings. The van der Waals surface area contributed by atoms with Crippen LogP contribution < -0.4 is 10.9 Å². The average molecular weight is 426 g/mol. The zero-order valence-corrected chi connectivity index (χ0v) is 18.2. The first-order chi connectivity index (χ1) is 15.0. The van der Waals surface area contributed by atoms with Gasteiger partial charge in [-0.2, -0.15) is 5.10 Å². The van der Waals surface area contributed by atoms with E-state index in [1.165, 1.54) is 11.9 Å². The van der Waals surface area contributed by atoms with Gasteiger partial charge >= 0.3 is 0 Å². The summed E-state index contributed by atoms with van der Waals surface area (Å²) in [4.78, 5) is 5.81. The Morgan fingerprint density at radius 2 is 1.58 bits per heavy atom. The zero-order chi connectivity index (χ0) is 21.6. The highest BCUT2D eigenvalue weighted by Gasteiger charge is 2.15. The Morgan fingerprint density at radius 1 is 0.839 bits per heavy atom. The molecule has 0 amide bonds. The van der Waals surface area contributed by atoms with Gasteiger partial charge in [-0.25, -0.2) is 9.50 Å². The lowest BCUT2D eigenvalue weighted by atomic mass is 9.94. The van der Waals surface area contributed by atoms with Gasteiger partial charge in [0, 0.05) is 34.0 Å². The molecule has 0 aliphatic carbocycles. The number of benzene rings is 3. The molecule has 0 radical (unpaired) electrons. The van der Waals surface area contributed by atoms with Crippen LogP contribution >= 0.6 is 11.9 Å². The van der Waals surface area contributed by atoms with E-state index in [-0.39, 0.29) is 5.54 Å². The normalized spacial score (nSPS) is 12.0. The van der Waals surface area contributed by atoms with E-state index in [4.69, 9.17) is 15.9 Å². The highest BCUT2D eigenvalue weighted by atomic mass is 32.2. The maximum absolute atomic E-state index is 6.20. The van der Waals surface area contributed by atoms with Crippen LogP contribution in [0.5, 0.6) is 0 Å². The standard InChI is InChI=1S/C25H23N5S/c1-25(2,26)18-9-7-16(8-10-18)17-13-28-24-22(14-29-30(24)15-17)20-11-12-23(31-27)21-6-4-3-5-19(20)21/h3-15H,26-27H2,1-2H3.